The lowest BCUT2D eigenvalue weighted by Gasteiger charge is -2.01. The molecule has 0 aliphatic heterocycles. The second-order valence-corrected chi connectivity index (χ2v) is 5.90. The zero-order chi connectivity index (χ0) is 15.5. The van der Waals surface area contributed by atoms with Crippen LogP contribution in [-0.4, -0.2) is 23.6 Å². The molecule has 112 valence electrons. The van der Waals surface area contributed by atoms with Crippen LogP contribution in [0.1, 0.15) is 10.4 Å². The molecule has 0 aliphatic carbocycles. The minimum Gasteiger partial charge on any atom is -0.497 e. The summed E-state index contributed by atoms with van der Waals surface area (Å²) >= 11 is 7.17. The number of Topliss-reactive ketones (excluding diaryl/α,β-unsaturated/α-hetero) is 1. The smallest absolute Gasteiger partial charge is 0.257 e. The molecular formula is C16H12ClNO3S. The lowest BCUT2D eigenvalue weighted by atomic mass is 10.1. The van der Waals surface area contributed by atoms with Crippen molar-refractivity contribution in [3.8, 4) is 5.75 Å². The van der Waals surface area contributed by atoms with Crippen LogP contribution in [0.2, 0.25) is 5.02 Å². The number of carbonyl (C=O) groups is 1. The Bertz CT molecular complexity index is 814. The van der Waals surface area contributed by atoms with E-state index in [1.807, 2.05) is 0 Å². The lowest BCUT2D eigenvalue weighted by Crippen LogP contribution is -2.02. The monoisotopic (exact) mass is 333 g/mol. The molecule has 4 nitrogen and oxygen atoms in total. The van der Waals surface area contributed by atoms with Crippen molar-refractivity contribution in [1.82, 2.24) is 4.98 Å². The largest absolute Gasteiger partial charge is 0.497 e. The number of aromatic nitrogens is 1. The Morgan fingerprint density at radius 1 is 1.27 bits per heavy atom. The fraction of sp³-hybridized carbons (Fsp3) is 0.125. The maximum absolute atomic E-state index is 12.1. The van der Waals surface area contributed by atoms with E-state index in [0.717, 1.165) is 5.75 Å². The highest BCUT2D eigenvalue weighted by Crippen LogP contribution is 2.26. The number of benzene rings is 2. The third-order valence-electron chi connectivity index (χ3n) is 3.07. The lowest BCUT2D eigenvalue weighted by molar-refractivity contribution is 0.102. The summed E-state index contributed by atoms with van der Waals surface area (Å²) in [5.41, 5.74) is 1.98. The van der Waals surface area contributed by atoms with Crippen LogP contribution in [-0.2, 0) is 0 Å². The quantitative estimate of drug-likeness (QED) is 0.509. The van der Waals surface area contributed by atoms with Gasteiger partial charge in [-0.3, -0.25) is 4.79 Å². The van der Waals surface area contributed by atoms with Gasteiger partial charge in [-0.25, -0.2) is 4.98 Å². The number of rotatable bonds is 5. The van der Waals surface area contributed by atoms with Crippen LogP contribution in [0.3, 0.4) is 0 Å². The number of fused-ring (bicyclic) bond motifs is 1. The normalized spacial score (nSPS) is 10.8. The molecule has 0 unspecified atom stereocenters. The van der Waals surface area contributed by atoms with Gasteiger partial charge in [0, 0.05) is 10.6 Å². The van der Waals surface area contributed by atoms with Gasteiger partial charge in [-0.15, -0.1) is 0 Å². The van der Waals surface area contributed by atoms with Gasteiger partial charge in [0.05, 0.1) is 12.9 Å². The second kappa shape index (κ2) is 6.42. The number of nitrogens with zero attached hydrogens (tertiary/aromatic N) is 1. The molecule has 0 saturated heterocycles. The van der Waals surface area contributed by atoms with E-state index < -0.39 is 0 Å². The van der Waals surface area contributed by atoms with Crippen molar-refractivity contribution in [3.05, 3.63) is 53.1 Å². The molecule has 0 atom stereocenters. The Kier molecular flexibility index (Phi) is 4.36. The molecule has 3 rings (SSSR count). The third kappa shape index (κ3) is 3.26. The average Bonchev–Trinajstić information content (AvgIpc) is 2.94. The van der Waals surface area contributed by atoms with Crippen LogP contribution < -0.4 is 4.74 Å². The minimum absolute atomic E-state index is 0.00735. The van der Waals surface area contributed by atoms with Crippen LogP contribution in [0.4, 0.5) is 0 Å². The highest BCUT2D eigenvalue weighted by Gasteiger charge is 2.11. The van der Waals surface area contributed by atoms with Crippen molar-refractivity contribution in [2.24, 2.45) is 0 Å². The first kappa shape index (κ1) is 14.9. The van der Waals surface area contributed by atoms with Gasteiger partial charge < -0.3 is 9.15 Å². The summed E-state index contributed by atoms with van der Waals surface area (Å²) in [6.07, 6.45) is 0. The Hall–Kier alpha value is -1.98. The van der Waals surface area contributed by atoms with Gasteiger partial charge in [-0.05, 0) is 42.5 Å². The van der Waals surface area contributed by atoms with Crippen molar-refractivity contribution < 1.29 is 13.9 Å². The fourth-order valence-corrected chi connectivity index (χ4v) is 2.83. The third-order valence-corrected chi connectivity index (χ3v) is 4.13. The average molecular weight is 334 g/mol. The van der Waals surface area contributed by atoms with Crippen LogP contribution in [0.25, 0.3) is 11.1 Å². The number of ether oxygens (including phenoxy) is 1. The molecule has 3 aromatic rings. The molecule has 0 saturated carbocycles. The summed E-state index contributed by atoms with van der Waals surface area (Å²) in [6, 6.07) is 12.3. The zero-order valence-corrected chi connectivity index (χ0v) is 13.3. The standard InChI is InChI=1S/C16H12ClNO3S/c1-20-12-5-2-10(3-6-12)14(19)9-22-16-18-13-8-11(17)4-7-15(13)21-16/h2-8H,9H2,1H3. The van der Waals surface area contributed by atoms with Crippen molar-refractivity contribution in [3.63, 3.8) is 0 Å². The van der Waals surface area contributed by atoms with Crippen molar-refractivity contribution in [2.75, 3.05) is 12.9 Å². The van der Waals surface area contributed by atoms with Crippen molar-refractivity contribution >= 4 is 40.2 Å². The molecule has 22 heavy (non-hydrogen) atoms. The van der Waals surface area contributed by atoms with Gasteiger partial charge in [-0.2, -0.15) is 0 Å². The van der Waals surface area contributed by atoms with Gasteiger partial charge in [0.25, 0.3) is 5.22 Å². The Labute approximate surface area is 136 Å². The van der Waals surface area contributed by atoms with E-state index in [0.29, 0.717) is 26.9 Å². The molecule has 0 amide bonds. The molecule has 0 N–H and O–H groups in total. The predicted molar refractivity (Wildman–Crippen MR) is 87.1 cm³/mol. The second-order valence-electron chi connectivity index (χ2n) is 4.53. The molecular weight excluding hydrogens is 322 g/mol. The SMILES string of the molecule is COc1ccc(C(=O)CSc2nc3cc(Cl)ccc3o2)cc1. The van der Waals surface area contributed by atoms with E-state index in [9.17, 15) is 4.79 Å². The molecule has 0 spiro atoms. The van der Waals surface area contributed by atoms with E-state index in [1.165, 1.54) is 11.8 Å². The maximum Gasteiger partial charge on any atom is 0.257 e. The van der Waals surface area contributed by atoms with Crippen LogP contribution >= 0.6 is 23.4 Å². The first-order valence-corrected chi connectivity index (χ1v) is 7.88. The first-order valence-electron chi connectivity index (χ1n) is 6.52. The Morgan fingerprint density at radius 3 is 2.77 bits per heavy atom. The van der Waals surface area contributed by atoms with Crippen LogP contribution in [0, 0.1) is 0 Å². The number of ketones is 1. The van der Waals surface area contributed by atoms with Gasteiger partial charge in [-0.1, -0.05) is 23.4 Å². The van der Waals surface area contributed by atoms with Crippen molar-refractivity contribution in [2.45, 2.75) is 5.22 Å². The fourth-order valence-electron chi connectivity index (χ4n) is 1.93. The van der Waals surface area contributed by atoms with Crippen LogP contribution in [0.15, 0.2) is 52.1 Å². The molecule has 0 fully saturated rings. The van der Waals surface area contributed by atoms with E-state index in [2.05, 4.69) is 4.98 Å². The van der Waals surface area contributed by atoms with E-state index >= 15 is 0 Å². The maximum atomic E-state index is 12.1. The van der Waals surface area contributed by atoms with E-state index in [1.54, 1.807) is 49.6 Å². The number of hydrogen-bond acceptors (Lipinski definition) is 5. The first-order chi connectivity index (χ1) is 10.7. The summed E-state index contributed by atoms with van der Waals surface area (Å²) in [7, 11) is 1.59. The highest BCUT2D eigenvalue weighted by molar-refractivity contribution is 7.99. The minimum atomic E-state index is 0.00735. The van der Waals surface area contributed by atoms with Gasteiger partial charge in [0.2, 0.25) is 0 Å². The van der Waals surface area contributed by atoms with Gasteiger partial charge in [0.15, 0.2) is 11.4 Å². The van der Waals surface area contributed by atoms with E-state index in [-0.39, 0.29) is 11.5 Å². The van der Waals surface area contributed by atoms with Gasteiger partial charge in [0.1, 0.15) is 11.3 Å². The number of hydrogen-bond donors (Lipinski definition) is 0. The van der Waals surface area contributed by atoms with Crippen LogP contribution in [0.5, 0.6) is 5.75 Å². The Morgan fingerprint density at radius 2 is 2.05 bits per heavy atom. The molecule has 1 heterocycles. The predicted octanol–water partition coefficient (Wildman–Crippen LogP) is 4.46. The molecule has 0 bridgehead atoms. The number of thioether (sulfide) groups is 1. The summed E-state index contributed by atoms with van der Waals surface area (Å²) in [5, 5.41) is 1.06. The van der Waals surface area contributed by atoms with Crippen molar-refractivity contribution in [1.29, 1.82) is 0 Å². The Balaban J connectivity index is 1.68. The zero-order valence-electron chi connectivity index (χ0n) is 11.7. The topological polar surface area (TPSA) is 52.3 Å². The summed E-state index contributed by atoms with van der Waals surface area (Å²) in [6.45, 7) is 0. The van der Waals surface area contributed by atoms with Gasteiger partial charge >= 0.3 is 0 Å². The summed E-state index contributed by atoms with van der Waals surface area (Å²) in [4.78, 5) is 16.4. The number of halogens is 1. The molecule has 2 aromatic carbocycles. The number of carbonyl (C=O) groups excluding carboxylic acids is 1. The molecule has 0 radical (unpaired) electrons. The number of oxazole rings is 1. The summed E-state index contributed by atoms with van der Waals surface area (Å²) < 4.78 is 10.6. The molecule has 0 aliphatic rings. The molecule has 6 heteroatoms. The van der Waals surface area contributed by atoms with E-state index in [4.69, 9.17) is 20.8 Å². The number of methoxy groups -OCH3 is 1. The highest BCUT2D eigenvalue weighted by atomic mass is 35.5. The summed E-state index contributed by atoms with van der Waals surface area (Å²) in [5.74, 6) is 0.986. The molecule has 1 aromatic heterocycles.